The van der Waals surface area contributed by atoms with E-state index in [-0.39, 0.29) is 31.6 Å². The average Bonchev–Trinajstić information content (AvgIpc) is 3.33. The normalized spacial score (nSPS) is 12.8. The van der Waals surface area contributed by atoms with Gasteiger partial charge in [-0.2, -0.15) is 0 Å². The van der Waals surface area contributed by atoms with Gasteiger partial charge in [-0.15, -0.1) is 0 Å². The zero-order valence-corrected chi connectivity index (χ0v) is 44.1. The molecule has 0 aromatic carbocycles. The van der Waals surface area contributed by atoms with E-state index in [1.54, 1.807) is 0 Å². The van der Waals surface area contributed by atoms with Gasteiger partial charge >= 0.3 is 11.9 Å². The number of carbonyl (C=O) groups is 2. The van der Waals surface area contributed by atoms with E-state index in [9.17, 15) is 14.7 Å². The lowest BCUT2D eigenvalue weighted by atomic mass is 10.0. The van der Waals surface area contributed by atoms with Crippen LogP contribution in [0.3, 0.4) is 0 Å². The maximum Gasteiger partial charge on any atom is 0.306 e. The van der Waals surface area contributed by atoms with Gasteiger partial charge in [0.15, 0.2) is 6.10 Å². The number of ether oxygens (including phenoxy) is 2. The molecule has 0 fully saturated rings. The second-order valence-electron chi connectivity index (χ2n) is 19.0. The van der Waals surface area contributed by atoms with Crippen LogP contribution in [0, 0.1) is 0 Å². The molecule has 0 heterocycles. The Morgan fingerprint density at radius 3 is 0.955 bits per heavy atom. The molecular weight excluding hydrogens is 825 g/mol. The molecule has 0 spiro atoms. The van der Waals surface area contributed by atoms with Gasteiger partial charge < -0.3 is 14.6 Å². The highest BCUT2D eigenvalue weighted by molar-refractivity contribution is 5.70. The lowest BCUT2D eigenvalue weighted by Crippen LogP contribution is -2.28. The van der Waals surface area contributed by atoms with Crippen LogP contribution in [-0.2, 0) is 19.1 Å². The molecule has 0 aliphatic rings. The molecule has 0 aliphatic carbocycles. The Labute approximate surface area is 416 Å². The fraction of sp³-hybridized carbons (Fsp3) is 0.742. The first-order valence-corrected chi connectivity index (χ1v) is 28.6. The molecule has 0 saturated carbocycles. The number of aliphatic hydroxyl groups is 1. The first kappa shape index (κ1) is 64.1. The molecule has 0 amide bonds. The maximum atomic E-state index is 12.3. The van der Waals surface area contributed by atoms with E-state index >= 15 is 0 Å². The van der Waals surface area contributed by atoms with Gasteiger partial charge in [0.2, 0.25) is 0 Å². The van der Waals surface area contributed by atoms with Gasteiger partial charge in [0.05, 0.1) is 6.61 Å². The van der Waals surface area contributed by atoms with Crippen molar-refractivity contribution in [3.63, 3.8) is 0 Å². The van der Waals surface area contributed by atoms with E-state index in [1.165, 1.54) is 173 Å². The number of allylic oxidation sites excluding steroid dienone is 14. The number of rotatable bonds is 52. The van der Waals surface area contributed by atoms with E-state index < -0.39 is 6.10 Å². The monoisotopic (exact) mass is 933 g/mol. The number of hydrogen-bond donors (Lipinski definition) is 1. The highest BCUT2D eigenvalue weighted by Gasteiger charge is 2.16. The molecule has 0 rings (SSSR count). The number of hydrogen-bond acceptors (Lipinski definition) is 5. The molecule has 0 aromatic heterocycles. The van der Waals surface area contributed by atoms with Crippen molar-refractivity contribution in [1.29, 1.82) is 0 Å². The van der Waals surface area contributed by atoms with Crippen LogP contribution in [0.4, 0.5) is 0 Å². The average molecular weight is 934 g/mol. The molecule has 5 nitrogen and oxygen atoms in total. The summed E-state index contributed by atoms with van der Waals surface area (Å²) in [6.45, 7) is 4.01. The number of unbranched alkanes of at least 4 members (excludes halogenated alkanes) is 30. The van der Waals surface area contributed by atoms with E-state index in [0.717, 1.165) is 70.6 Å². The zero-order valence-electron chi connectivity index (χ0n) is 44.1. The lowest BCUT2D eigenvalue weighted by Gasteiger charge is -2.15. The molecule has 0 bridgehead atoms. The topological polar surface area (TPSA) is 72.8 Å². The van der Waals surface area contributed by atoms with Crippen molar-refractivity contribution in [2.24, 2.45) is 0 Å². The fourth-order valence-corrected chi connectivity index (χ4v) is 8.19. The summed E-state index contributed by atoms with van der Waals surface area (Å²) in [5, 5.41) is 9.64. The zero-order chi connectivity index (χ0) is 48.5. The predicted molar refractivity (Wildman–Crippen MR) is 293 cm³/mol. The number of esters is 2. The van der Waals surface area contributed by atoms with E-state index in [2.05, 4.69) is 98.9 Å². The standard InChI is InChI=1S/C62H108O5/c1-3-5-7-9-11-13-15-17-19-21-23-25-27-28-29-30-31-32-33-35-36-38-40-42-44-46-48-50-52-54-56-61(64)66-59-60(58-63)67-62(65)57-55-53-51-49-47-45-43-41-39-37-34-26-24-22-20-18-16-14-12-10-8-6-4-2/h6,8,12,14,18,20,24,26,37,39,43,45,49,51,60,63H,3-5,7,9-11,13,15-17,19,21-23,25,27-36,38,40-42,44,46-48,50,52-59H2,1-2H3/b8-6-,14-12-,20-18-,26-24-,39-37-,45-43-,51-49-. The molecule has 0 saturated heterocycles. The third-order valence-corrected chi connectivity index (χ3v) is 12.5. The molecule has 1 atom stereocenters. The summed E-state index contributed by atoms with van der Waals surface area (Å²) >= 11 is 0. The third kappa shape index (κ3) is 55.6. The molecule has 0 aliphatic heterocycles. The summed E-state index contributed by atoms with van der Waals surface area (Å²) in [6, 6.07) is 0. The van der Waals surface area contributed by atoms with E-state index in [0.29, 0.717) is 12.8 Å². The summed E-state index contributed by atoms with van der Waals surface area (Å²) in [4.78, 5) is 24.5. The van der Waals surface area contributed by atoms with Gasteiger partial charge in [-0.05, 0) is 64.2 Å². The molecule has 67 heavy (non-hydrogen) atoms. The van der Waals surface area contributed by atoms with Gasteiger partial charge in [0.1, 0.15) is 6.61 Å². The molecule has 1 unspecified atom stereocenters. The second-order valence-corrected chi connectivity index (χ2v) is 19.0. The van der Waals surface area contributed by atoms with Crippen molar-refractivity contribution in [2.45, 2.75) is 283 Å². The first-order valence-electron chi connectivity index (χ1n) is 28.6. The largest absolute Gasteiger partial charge is 0.462 e. The van der Waals surface area contributed by atoms with Gasteiger partial charge in [-0.3, -0.25) is 9.59 Å². The van der Waals surface area contributed by atoms with Crippen molar-refractivity contribution < 1.29 is 24.2 Å². The number of carbonyl (C=O) groups excluding carboxylic acids is 2. The molecular formula is C62H108O5. The van der Waals surface area contributed by atoms with Crippen molar-refractivity contribution in [1.82, 2.24) is 0 Å². The Kier molecular flexibility index (Phi) is 54.9. The Morgan fingerprint density at radius 1 is 0.358 bits per heavy atom. The van der Waals surface area contributed by atoms with Gasteiger partial charge in [0.25, 0.3) is 0 Å². The summed E-state index contributed by atoms with van der Waals surface area (Å²) in [6.07, 6.45) is 80.0. The van der Waals surface area contributed by atoms with Crippen LogP contribution in [0.15, 0.2) is 85.1 Å². The van der Waals surface area contributed by atoms with E-state index in [1.807, 2.05) is 0 Å². The van der Waals surface area contributed by atoms with Crippen LogP contribution in [0.5, 0.6) is 0 Å². The van der Waals surface area contributed by atoms with E-state index in [4.69, 9.17) is 9.47 Å². The lowest BCUT2D eigenvalue weighted by molar-refractivity contribution is -0.161. The van der Waals surface area contributed by atoms with Crippen LogP contribution in [-0.4, -0.2) is 36.4 Å². The van der Waals surface area contributed by atoms with Crippen LogP contribution in [0.25, 0.3) is 0 Å². The van der Waals surface area contributed by atoms with Crippen molar-refractivity contribution in [3.8, 4) is 0 Å². The summed E-state index contributed by atoms with van der Waals surface area (Å²) < 4.78 is 10.7. The van der Waals surface area contributed by atoms with Crippen LogP contribution < -0.4 is 0 Å². The highest BCUT2D eigenvalue weighted by Crippen LogP contribution is 2.17. The highest BCUT2D eigenvalue weighted by atomic mass is 16.6. The second kappa shape index (κ2) is 57.4. The van der Waals surface area contributed by atoms with Crippen LogP contribution in [0.1, 0.15) is 277 Å². The SMILES string of the molecule is CC/C=C\C/C=C\C/C=C\C/C=C\C/C=C\C/C=C\C/C=C\CCCC(=O)OC(CO)COC(=O)CCCCCCCCCCCCCCCCCCCCCCCCCCCCCCCC. The van der Waals surface area contributed by atoms with Gasteiger partial charge in [-0.25, -0.2) is 0 Å². The van der Waals surface area contributed by atoms with Crippen molar-refractivity contribution in [2.75, 3.05) is 13.2 Å². The summed E-state index contributed by atoms with van der Waals surface area (Å²) in [7, 11) is 0. The minimum Gasteiger partial charge on any atom is -0.462 e. The molecule has 1 N–H and O–H groups in total. The summed E-state index contributed by atoms with van der Waals surface area (Å²) in [5.41, 5.74) is 0. The Balaban J connectivity index is 3.53. The molecule has 386 valence electrons. The molecule has 0 aromatic rings. The summed E-state index contributed by atoms with van der Waals surface area (Å²) in [5.74, 6) is -0.654. The van der Waals surface area contributed by atoms with Crippen molar-refractivity contribution in [3.05, 3.63) is 85.1 Å². The maximum absolute atomic E-state index is 12.3. The van der Waals surface area contributed by atoms with Gasteiger partial charge in [0, 0.05) is 12.8 Å². The first-order chi connectivity index (χ1) is 33.1. The minimum absolute atomic E-state index is 0.0908. The molecule has 5 heteroatoms. The van der Waals surface area contributed by atoms with Gasteiger partial charge in [-0.1, -0.05) is 285 Å². The quantitative estimate of drug-likeness (QED) is 0.0374. The Hall–Kier alpha value is -2.92. The Bertz CT molecular complexity index is 1240. The third-order valence-electron chi connectivity index (χ3n) is 12.5. The van der Waals surface area contributed by atoms with Crippen molar-refractivity contribution >= 4 is 11.9 Å². The van der Waals surface area contributed by atoms with Crippen LogP contribution >= 0.6 is 0 Å². The predicted octanol–water partition coefficient (Wildman–Crippen LogP) is 19.4. The smallest absolute Gasteiger partial charge is 0.306 e. The Morgan fingerprint density at radius 2 is 0.642 bits per heavy atom. The minimum atomic E-state index is -0.807. The fourth-order valence-electron chi connectivity index (χ4n) is 8.19. The molecule has 0 radical (unpaired) electrons. The van der Waals surface area contributed by atoms with Crippen LogP contribution in [0.2, 0.25) is 0 Å². The number of aliphatic hydroxyl groups excluding tert-OH is 1.